The van der Waals surface area contributed by atoms with E-state index in [1.165, 1.54) is 4.68 Å². The Morgan fingerprint density at radius 2 is 2.00 bits per heavy atom. The molecule has 30 heavy (non-hydrogen) atoms. The number of rotatable bonds is 5. The molecule has 4 rings (SSSR count). The minimum absolute atomic E-state index is 0.235. The van der Waals surface area contributed by atoms with Crippen LogP contribution < -0.4 is 10.5 Å². The molecular weight excluding hydrogens is 386 g/mol. The average molecular weight is 409 g/mol. The number of carbonyl (C=O) groups is 1. The van der Waals surface area contributed by atoms with Gasteiger partial charge in [0.1, 0.15) is 11.5 Å². The summed E-state index contributed by atoms with van der Waals surface area (Å²) in [6.45, 7) is 5.14. The number of carboxylic acid groups (broad SMARTS) is 1. The molecule has 4 heterocycles. The van der Waals surface area contributed by atoms with Gasteiger partial charge in [-0.3, -0.25) is 14.6 Å². The van der Waals surface area contributed by atoms with Crippen molar-refractivity contribution in [2.24, 2.45) is 5.92 Å². The van der Waals surface area contributed by atoms with E-state index in [2.05, 4.69) is 15.2 Å². The van der Waals surface area contributed by atoms with Crippen LogP contribution in [0.2, 0.25) is 0 Å². The fraction of sp³-hybridized carbons (Fsp3) is 0.381. The number of piperidine rings is 1. The molecule has 156 valence electrons. The van der Waals surface area contributed by atoms with E-state index in [4.69, 9.17) is 9.63 Å². The van der Waals surface area contributed by atoms with Crippen LogP contribution in [0.15, 0.2) is 39.9 Å². The highest BCUT2D eigenvalue weighted by Crippen LogP contribution is 2.26. The molecule has 0 aliphatic carbocycles. The maximum Gasteiger partial charge on any atom is 0.306 e. The van der Waals surface area contributed by atoms with Crippen LogP contribution in [-0.4, -0.2) is 44.1 Å². The molecule has 1 fully saturated rings. The summed E-state index contributed by atoms with van der Waals surface area (Å²) in [6, 6.07) is 5.36. The zero-order chi connectivity index (χ0) is 21.3. The number of anilines is 1. The molecule has 0 atom stereocenters. The molecule has 0 spiro atoms. The van der Waals surface area contributed by atoms with Crippen molar-refractivity contribution in [2.75, 3.05) is 18.0 Å². The van der Waals surface area contributed by atoms with Crippen molar-refractivity contribution < 1.29 is 14.4 Å². The highest BCUT2D eigenvalue weighted by atomic mass is 16.5. The number of aryl methyl sites for hydroxylation is 2. The zero-order valence-electron chi connectivity index (χ0n) is 16.9. The van der Waals surface area contributed by atoms with E-state index in [0.29, 0.717) is 43.1 Å². The van der Waals surface area contributed by atoms with E-state index >= 15 is 0 Å². The topological polar surface area (TPSA) is 114 Å². The quantitative estimate of drug-likeness (QED) is 0.682. The summed E-state index contributed by atoms with van der Waals surface area (Å²) in [5.74, 6) is -0.452. The normalized spacial score (nSPS) is 14.8. The predicted octanol–water partition coefficient (Wildman–Crippen LogP) is 2.26. The SMILES string of the molecule is Cc1ccc(-c2noc(C)c2Cn2ncc(N3CCC(C(=O)O)CC3)cc2=O)cn1. The van der Waals surface area contributed by atoms with Gasteiger partial charge in [0.25, 0.3) is 5.56 Å². The van der Waals surface area contributed by atoms with Crippen LogP contribution >= 0.6 is 0 Å². The Bertz CT molecular complexity index is 1110. The van der Waals surface area contributed by atoms with E-state index in [1.54, 1.807) is 25.4 Å². The van der Waals surface area contributed by atoms with Gasteiger partial charge in [-0.05, 0) is 38.8 Å². The van der Waals surface area contributed by atoms with Crippen LogP contribution in [0.3, 0.4) is 0 Å². The molecule has 3 aromatic rings. The molecule has 1 saturated heterocycles. The fourth-order valence-electron chi connectivity index (χ4n) is 3.66. The number of carboxylic acids is 1. The summed E-state index contributed by atoms with van der Waals surface area (Å²) in [5, 5.41) is 17.6. The molecule has 0 aromatic carbocycles. The van der Waals surface area contributed by atoms with Crippen molar-refractivity contribution >= 4 is 11.7 Å². The molecule has 1 N–H and O–H groups in total. The Balaban J connectivity index is 1.54. The largest absolute Gasteiger partial charge is 0.481 e. The summed E-state index contributed by atoms with van der Waals surface area (Å²) in [7, 11) is 0. The average Bonchev–Trinajstić information content (AvgIpc) is 3.10. The smallest absolute Gasteiger partial charge is 0.306 e. The van der Waals surface area contributed by atoms with Crippen molar-refractivity contribution in [2.45, 2.75) is 33.2 Å². The lowest BCUT2D eigenvalue weighted by Gasteiger charge is -2.31. The summed E-state index contributed by atoms with van der Waals surface area (Å²) in [5.41, 5.74) is 3.63. The maximum atomic E-state index is 12.7. The third-order valence-corrected chi connectivity index (χ3v) is 5.54. The van der Waals surface area contributed by atoms with E-state index in [9.17, 15) is 9.59 Å². The second-order valence-electron chi connectivity index (χ2n) is 7.56. The number of hydrogen-bond donors (Lipinski definition) is 1. The summed E-state index contributed by atoms with van der Waals surface area (Å²) >= 11 is 0. The van der Waals surface area contributed by atoms with Crippen LogP contribution in [0, 0.1) is 19.8 Å². The molecule has 0 radical (unpaired) electrons. The third kappa shape index (κ3) is 3.96. The van der Waals surface area contributed by atoms with Gasteiger partial charge in [0.2, 0.25) is 0 Å². The number of aromatic nitrogens is 4. The van der Waals surface area contributed by atoms with Gasteiger partial charge in [0.05, 0.1) is 24.3 Å². The Morgan fingerprint density at radius 3 is 2.63 bits per heavy atom. The molecule has 1 aliphatic rings. The second kappa shape index (κ2) is 8.10. The van der Waals surface area contributed by atoms with Crippen LogP contribution in [0.1, 0.15) is 29.9 Å². The van der Waals surface area contributed by atoms with Crippen LogP contribution in [-0.2, 0) is 11.3 Å². The molecular formula is C21H23N5O4. The van der Waals surface area contributed by atoms with E-state index in [0.717, 1.165) is 16.8 Å². The molecule has 9 nitrogen and oxygen atoms in total. The number of hydrogen-bond acceptors (Lipinski definition) is 7. The van der Waals surface area contributed by atoms with Crippen molar-refractivity contribution in [1.82, 2.24) is 19.9 Å². The molecule has 1 aliphatic heterocycles. The van der Waals surface area contributed by atoms with Gasteiger partial charge in [0.15, 0.2) is 0 Å². The van der Waals surface area contributed by atoms with Gasteiger partial charge in [-0.25, -0.2) is 4.68 Å². The fourth-order valence-corrected chi connectivity index (χ4v) is 3.66. The van der Waals surface area contributed by atoms with Gasteiger partial charge in [-0.2, -0.15) is 5.10 Å². The lowest BCUT2D eigenvalue weighted by atomic mass is 9.97. The first-order valence-electron chi connectivity index (χ1n) is 9.85. The second-order valence-corrected chi connectivity index (χ2v) is 7.56. The minimum Gasteiger partial charge on any atom is -0.481 e. The molecule has 0 amide bonds. The molecule has 0 unspecified atom stereocenters. The minimum atomic E-state index is -0.758. The first kappa shape index (κ1) is 19.8. The van der Waals surface area contributed by atoms with Crippen molar-refractivity contribution in [3.05, 3.63) is 58.0 Å². The standard InChI is InChI=1S/C21H23N5O4/c1-13-3-4-16(10-22-13)20-18(14(2)30-24-20)12-26-19(27)9-17(11-23-26)25-7-5-15(6-8-25)21(28)29/h3-4,9-11,15H,5-8,12H2,1-2H3,(H,28,29). The highest BCUT2D eigenvalue weighted by molar-refractivity contribution is 5.70. The lowest BCUT2D eigenvalue weighted by molar-refractivity contribution is -0.142. The van der Waals surface area contributed by atoms with Gasteiger partial charge in [-0.15, -0.1) is 0 Å². The molecule has 0 bridgehead atoms. The van der Waals surface area contributed by atoms with E-state index < -0.39 is 5.97 Å². The molecule has 3 aromatic heterocycles. The van der Waals surface area contributed by atoms with E-state index in [1.807, 2.05) is 24.0 Å². The molecule has 0 saturated carbocycles. The Kier molecular flexibility index (Phi) is 5.35. The highest BCUT2D eigenvalue weighted by Gasteiger charge is 2.25. The van der Waals surface area contributed by atoms with Gasteiger partial charge < -0.3 is 14.5 Å². The Hall–Kier alpha value is -3.49. The molecule has 9 heteroatoms. The maximum absolute atomic E-state index is 12.7. The first-order valence-corrected chi connectivity index (χ1v) is 9.85. The van der Waals surface area contributed by atoms with Gasteiger partial charge in [0, 0.05) is 42.2 Å². The lowest BCUT2D eigenvalue weighted by Crippen LogP contribution is -2.37. The number of nitrogens with zero attached hydrogens (tertiary/aromatic N) is 5. The van der Waals surface area contributed by atoms with Crippen molar-refractivity contribution in [3.8, 4) is 11.3 Å². The monoisotopic (exact) mass is 409 g/mol. The van der Waals surface area contributed by atoms with Crippen LogP contribution in [0.5, 0.6) is 0 Å². The van der Waals surface area contributed by atoms with Crippen molar-refractivity contribution in [3.63, 3.8) is 0 Å². The zero-order valence-corrected chi connectivity index (χ0v) is 16.9. The summed E-state index contributed by atoms with van der Waals surface area (Å²) in [6.07, 6.45) is 4.51. The van der Waals surface area contributed by atoms with Gasteiger partial charge >= 0.3 is 5.97 Å². The Morgan fingerprint density at radius 1 is 1.23 bits per heavy atom. The van der Waals surface area contributed by atoms with Crippen molar-refractivity contribution in [1.29, 1.82) is 0 Å². The van der Waals surface area contributed by atoms with Crippen LogP contribution in [0.4, 0.5) is 5.69 Å². The Labute approximate surface area is 173 Å². The van der Waals surface area contributed by atoms with E-state index in [-0.39, 0.29) is 18.0 Å². The first-order chi connectivity index (χ1) is 14.4. The number of aliphatic carboxylic acids is 1. The number of pyridine rings is 1. The summed E-state index contributed by atoms with van der Waals surface area (Å²) in [4.78, 5) is 30.1. The summed E-state index contributed by atoms with van der Waals surface area (Å²) < 4.78 is 6.74. The third-order valence-electron chi connectivity index (χ3n) is 5.54. The van der Waals surface area contributed by atoms with Crippen LogP contribution in [0.25, 0.3) is 11.3 Å². The predicted molar refractivity (Wildman–Crippen MR) is 109 cm³/mol. The van der Waals surface area contributed by atoms with Gasteiger partial charge in [-0.1, -0.05) is 5.16 Å².